The molecule has 5 heteroatoms. The van der Waals surface area contributed by atoms with E-state index >= 15 is 0 Å². The summed E-state index contributed by atoms with van der Waals surface area (Å²) in [6, 6.07) is 0. The lowest BCUT2D eigenvalue weighted by Gasteiger charge is -2.41. The molecule has 0 aromatic heterocycles. The first-order valence-electron chi connectivity index (χ1n) is 6.86. The van der Waals surface area contributed by atoms with Crippen LogP contribution in [0.2, 0.25) is 0 Å². The van der Waals surface area contributed by atoms with Crippen molar-refractivity contribution in [3.63, 3.8) is 0 Å². The van der Waals surface area contributed by atoms with Crippen molar-refractivity contribution < 1.29 is 17.9 Å². The molecule has 0 aromatic rings. The van der Waals surface area contributed by atoms with Crippen LogP contribution in [0.25, 0.3) is 0 Å². The fourth-order valence-corrected chi connectivity index (χ4v) is 3.32. The molecule has 4 nitrogen and oxygen atoms in total. The van der Waals surface area contributed by atoms with Crippen LogP contribution in [-0.2, 0) is 19.4 Å². The molecule has 0 aromatic carbocycles. The molecule has 0 heterocycles. The Morgan fingerprint density at radius 3 is 2.11 bits per heavy atom. The fraction of sp³-hybridized carbons (Fsp3) is 0.929. The zero-order chi connectivity index (χ0) is 14.7. The minimum atomic E-state index is -2.99. The third-order valence-corrected chi connectivity index (χ3v) is 5.26. The van der Waals surface area contributed by atoms with E-state index in [1.54, 1.807) is 7.11 Å². The Bertz CT molecular complexity index is 413. The van der Waals surface area contributed by atoms with E-state index in [4.69, 9.17) is 4.74 Å². The van der Waals surface area contributed by atoms with Crippen molar-refractivity contribution in [2.24, 2.45) is 5.41 Å². The third-order valence-electron chi connectivity index (χ3n) is 4.23. The van der Waals surface area contributed by atoms with E-state index in [-0.39, 0.29) is 17.0 Å². The number of ketones is 1. The quantitative estimate of drug-likeness (QED) is 0.753. The molecule has 1 fully saturated rings. The van der Waals surface area contributed by atoms with Crippen LogP contribution in [0.1, 0.15) is 52.4 Å². The van der Waals surface area contributed by atoms with Gasteiger partial charge >= 0.3 is 0 Å². The van der Waals surface area contributed by atoms with Crippen molar-refractivity contribution in [1.82, 2.24) is 0 Å². The summed E-state index contributed by atoms with van der Waals surface area (Å²) < 4.78 is 27.7. The van der Waals surface area contributed by atoms with Crippen molar-refractivity contribution >= 4 is 15.6 Å². The molecule has 0 unspecified atom stereocenters. The lowest BCUT2D eigenvalue weighted by atomic mass is 9.69. The monoisotopic (exact) mass is 290 g/mol. The first kappa shape index (κ1) is 16.6. The third kappa shape index (κ3) is 4.88. The fourth-order valence-electron chi connectivity index (χ4n) is 2.65. The highest BCUT2D eigenvalue weighted by molar-refractivity contribution is 7.90. The van der Waals surface area contributed by atoms with E-state index < -0.39 is 15.4 Å². The summed E-state index contributed by atoms with van der Waals surface area (Å²) in [6.45, 7) is 4.42. The van der Waals surface area contributed by atoms with Gasteiger partial charge in [-0.2, -0.15) is 0 Å². The second kappa shape index (κ2) is 5.92. The van der Waals surface area contributed by atoms with Gasteiger partial charge in [0.25, 0.3) is 0 Å². The van der Waals surface area contributed by atoms with Gasteiger partial charge in [-0.15, -0.1) is 0 Å². The predicted molar refractivity (Wildman–Crippen MR) is 75.9 cm³/mol. The van der Waals surface area contributed by atoms with Crippen LogP contribution in [0, 0.1) is 5.41 Å². The highest BCUT2D eigenvalue weighted by Crippen LogP contribution is 2.42. The van der Waals surface area contributed by atoms with Crippen LogP contribution in [0.5, 0.6) is 0 Å². The molecule has 0 amide bonds. The summed E-state index contributed by atoms with van der Waals surface area (Å²) in [5.74, 6) is 0.137. The molecule has 0 N–H and O–H groups in total. The number of methoxy groups -OCH3 is 1. The average molecular weight is 290 g/mol. The highest BCUT2D eigenvalue weighted by Gasteiger charge is 2.43. The number of ether oxygens (including phenoxy) is 1. The number of Topliss-reactive ketones (excluding diaryl/α,β-unsaturated/α-hetero) is 1. The van der Waals surface area contributed by atoms with Gasteiger partial charge in [-0.05, 0) is 37.5 Å². The van der Waals surface area contributed by atoms with E-state index in [0.29, 0.717) is 12.8 Å². The lowest BCUT2D eigenvalue weighted by Crippen LogP contribution is -2.45. The van der Waals surface area contributed by atoms with Gasteiger partial charge in [0.05, 0.1) is 5.75 Å². The molecule has 0 radical (unpaired) electrons. The van der Waals surface area contributed by atoms with Gasteiger partial charge in [0.2, 0.25) is 0 Å². The first-order valence-corrected chi connectivity index (χ1v) is 8.93. The van der Waals surface area contributed by atoms with Gasteiger partial charge in [0.1, 0.15) is 15.4 Å². The Balaban J connectivity index is 2.58. The molecular weight excluding hydrogens is 264 g/mol. The summed E-state index contributed by atoms with van der Waals surface area (Å²) in [4.78, 5) is 12.3. The normalized spacial score (nSPS) is 22.1. The number of carbonyl (C=O) groups is 1. The Hall–Kier alpha value is -0.420. The zero-order valence-corrected chi connectivity index (χ0v) is 13.3. The Labute approximate surface area is 116 Å². The molecule has 1 saturated carbocycles. The molecular formula is C14H26O4S. The van der Waals surface area contributed by atoms with Crippen molar-refractivity contribution in [3.8, 4) is 0 Å². The van der Waals surface area contributed by atoms with Crippen LogP contribution < -0.4 is 0 Å². The van der Waals surface area contributed by atoms with E-state index in [0.717, 1.165) is 25.7 Å². The second-order valence-electron chi connectivity index (χ2n) is 6.52. The minimum Gasteiger partial charge on any atom is -0.370 e. The van der Waals surface area contributed by atoms with Crippen LogP contribution >= 0.6 is 0 Å². The largest absolute Gasteiger partial charge is 0.370 e. The smallest absolute Gasteiger partial charge is 0.164 e. The molecule has 0 atom stereocenters. The maximum absolute atomic E-state index is 12.3. The van der Waals surface area contributed by atoms with Crippen LogP contribution in [-0.4, -0.2) is 38.9 Å². The Morgan fingerprint density at radius 2 is 1.68 bits per heavy atom. The SMILES string of the molecule is COC1(C(=O)CCCS(C)(=O)=O)CCC(C)(C)CC1. The van der Waals surface area contributed by atoms with E-state index in [9.17, 15) is 13.2 Å². The minimum absolute atomic E-state index is 0.0640. The van der Waals surface area contributed by atoms with E-state index in [1.807, 2.05) is 0 Å². The Morgan fingerprint density at radius 1 is 1.16 bits per heavy atom. The molecule has 1 rings (SSSR count). The van der Waals surface area contributed by atoms with E-state index in [2.05, 4.69) is 13.8 Å². The molecule has 1 aliphatic carbocycles. The molecule has 0 bridgehead atoms. The topological polar surface area (TPSA) is 60.4 Å². The lowest BCUT2D eigenvalue weighted by molar-refractivity contribution is -0.148. The van der Waals surface area contributed by atoms with Gasteiger partial charge in [-0.1, -0.05) is 13.8 Å². The molecule has 112 valence electrons. The van der Waals surface area contributed by atoms with E-state index in [1.165, 1.54) is 6.26 Å². The predicted octanol–water partition coefficient (Wildman–Crippen LogP) is 2.37. The molecule has 0 spiro atoms. The highest BCUT2D eigenvalue weighted by atomic mass is 32.2. The van der Waals surface area contributed by atoms with Gasteiger partial charge in [-0.3, -0.25) is 4.79 Å². The van der Waals surface area contributed by atoms with Gasteiger partial charge in [-0.25, -0.2) is 8.42 Å². The van der Waals surface area contributed by atoms with Crippen LogP contribution in [0.4, 0.5) is 0 Å². The van der Waals surface area contributed by atoms with Crippen molar-refractivity contribution in [3.05, 3.63) is 0 Å². The van der Waals surface area contributed by atoms with Crippen molar-refractivity contribution in [2.75, 3.05) is 19.1 Å². The van der Waals surface area contributed by atoms with Crippen molar-refractivity contribution in [2.45, 2.75) is 58.0 Å². The molecule has 0 aliphatic heterocycles. The molecule has 1 aliphatic rings. The molecule has 19 heavy (non-hydrogen) atoms. The van der Waals surface area contributed by atoms with Crippen LogP contribution in [0.3, 0.4) is 0 Å². The average Bonchev–Trinajstić information content (AvgIpc) is 2.28. The number of rotatable bonds is 6. The summed E-state index contributed by atoms with van der Waals surface area (Å²) in [7, 11) is -1.40. The Kier molecular flexibility index (Phi) is 5.18. The zero-order valence-electron chi connectivity index (χ0n) is 12.5. The summed E-state index contributed by atoms with van der Waals surface area (Å²) in [6.07, 6.45) is 5.32. The number of sulfone groups is 1. The maximum atomic E-state index is 12.3. The van der Waals surface area contributed by atoms with Crippen LogP contribution in [0.15, 0.2) is 0 Å². The first-order chi connectivity index (χ1) is 8.60. The standard InChI is InChI=1S/C14H26O4S/c1-13(2)7-9-14(18-3,10-8-13)12(15)6-5-11-19(4,16)17/h5-11H2,1-4H3. The van der Waals surface area contributed by atoms with Crippen molar-refractivity contribution in [1.29, 1.82) is 0 Å². The second-order valence-corrected chi connectivity index (χ2v) is 8.78. The number of carbonyl (C=O) groups excluding carboxylic acids is 1. The summed E-state index contributed by atoms with van der Waals surface area (Å²) in [5.41, 5.74) is -0.401. The molecule has 0 saturated heterocycles. The van der Waals surface area contributed by atoms with Gasteiger partial charge in [0, 0.05) is 19.8 Å². The number of hydrogen-bond acceptors (Lipinski definition) is 4. The maximum Gasteiger partial charge on any atom is 0.164 e. The van der Waals surface area contributed by atoms with Gasteiger partial charge < -0.3 is 4.74 Å². The summed E-state index contributed by atoms with van der Waals surface area (Å²) >= 11 is 0. The number of hydrogen-bond donors (Lipinski definition) is 0. The van der Waals surface area contributed by atoms with Gasteiger partial charge in [0.15, 0.2) is 5.78 Å². The summed E-state index contributed by atoms with van der Waals surface area (Å²) in [5, 5.41) is 0.